The number of para-hydroxylation sites is 1. The predicted molar refractivity (Wildman–Crippen MR) is 136 cm³/mol. The summed E-state index contributed by atoms with van der Waals surface area (Å²) < 4.78 is 30.8. The van der Waals surface area contributed by atoms with E-state index in [4.69, 9.17) is 16.6 Å². The molecule has 35 heavy (non-hydrogen) atoms. The van der Waals surface area contributed by atoms with E-state index >= 15 is 0 Å². The lowest BCUT2D eigenvalue weighted by Gasteiger charge is -2.31. The maximum absolute atomic E-state index is 13.8. The van der Waals surface area contributed by atoms with Crippen molar-refractivity contribution in [3.05, 3.63) is 47.6 Å². The molecule has 1 aliphatic heterocycles. The number of aromatic amines is 1. The van der Waals surface area contributed by atoms with Gasteiger partial charge in [0.2, 0.25) is 11.9 Å². The van der Waals surface area contributed by atoms with E-state index in [2.05, 4.69) is 53.3 Å². The quantitative estimate of drug-likeness (QED) is 0.281. The summed E-state index contributed by atoms with van der Waals surface area (Å²) in [6, 6.07) is 5.54. The molecule has 0 radical (unpaired) electrons. The number of alkyl halides is 2. The second-order valence-electron chi connectivity index (χ2n) is 8.27. The Kier molecular flexibility index (Phi) is 5.47. The fraction of sp³-hybridized carbons (Fsp3) is 0.286. The number of imidazole rings is 1. The van der Waals surface area contributed by atoms with Crippen LogP contribution in [0.4, 0.5) is 20.7 Å². The van der Waals surface area contributed by atoms with Gasteiger partial charge in [-0.2, -0.15) is 24.7 Å². The van der Waals surface area contributed by atoms with Gasteiger partial charge in [0.15, 0.2) is 5.65 Å². The van der Waals surface area contributed by atoms with Gasteiger partial charge in [-0.3, -0.25) is 0 Å². The Balaban J connectivity index is 1.38. The van der Waals surface area contributed by atoms with Gasteiger partial charge in [0, 0.05) is 37.7 Å². The number of piperidine rings is 1. The topological polar surface area (TPSA) is 105 Å². The Morgan fingerprint density at radius 3 is 2.69 bits per heavy atom. The molecular formula is C21H18ClF2IN10. The molecule has 14 heteroatoms. The summed E-state index contributed by atoms with van der Waals surface area (Å²) in [4.78, 5) is 18.9. The van der Waals surface area contributed by atoms with Gasteiger partial charge >= 0.3 is 0 Å². The number of fused-ring (bicyclic) bond motifs is 2. The van der Waals surface area contributed by atoms with Crippen molar-refractivity contribution in [1.29, 1.82) is 0 Å². The van der Waals surface area contributed by atoms with E-state index in [1.165, 1.54) is 0 Å². The van der Waals surface area contributed by atoms with Crippen LogP contribution in [0.15, 0.2) is 36.8 Å². The molecule has 10 nitrogen and oxygen atoms in total. The molecule has 0 bridgehead atoms. The SMILES string of the molecule is FC1(F)CCN(c2nc(NCc3nc4c(Cl)cccc4[nH]3)n3ncc(-c4cnn(I)c4)c3n2)CC1. The molecule has 1 aliphatic rings. The Labute approximate surface area is 216 Å². The number of benzene rings is 1. The molecule has 0 amide bonds. The highest BCUT2D eigenvalue weighted by Gasteiger charge is 2.35. The van der Waals surface area contributed by atoms with Crippen LogP contribution in [-0.2, 0) is 6.54 Å². The van der Waals surface area contributed by atoms with E-state index < -0.39 is 5.92 Å². The van der Waals surface area contributed by atoms with Crippen molar-refractivity contribution in [2.24, 2.45) is 0 Å². The number of hydrogen-bond donors (Lipinski definition) is 2. The average Bonchev–Trinajstić information content (AvgIpc) is 3.55. The van der Waals surface area contributed by atoms with Crippen LogP contribution in [0.5, 0.6) is 0 Å². The second kappa shape index (κ2) is 8.55. The third-order valence-corrected chi connectivity index (χ3v) is 6.76. The maximum atomic E-state index is 13.8. The van der Waals surface area contributed by atoms with Gasteiger partial charge in [-0.25, -0.2) is 16.7 Å². The molecule has 0 aliphatic carbocycles. The van der Waals surface area contributed by atoms with Crippen molar-refractivity contribution < 1.29 is 8.78 Å². The molecule has 5 heterocycles. The van der Waals surface area contributed by atoms with Gasteiger partial charge < -0.3 is 15.2 Å². The van der Waals surface area contributed by atoms with Gasteiger partial charge in [-0.15, -0.1) is 0 Å². The first-order valence-electron chi connectivity index (χ1n) is 10.8. The number of nitrogens with zero attached hydrogens (tertiary/aromatic N) is 8. The second-order valence-corrected chi connectivity index (χ2v) is 9.67. The zero-order valence-corrected chi connectivity index (χ0v) is 21.0. The molecule has 5 aromatic rings. The summed E-state index contributed by atoms with van der Waals surface area (Å²) in [6.07, 6.45) is 4.79. The summed E-state index contributed by atoms with van der Waals surface area (Å²) in [5.41, 5.74) is 3.66. The molecule has 0 atom stereocenters. The molecule has 6 rings (SSSR count). The number of hydrogen-bond acceptors (Lipinski definition) is 7. The highest BCUT2D eigenvalue weighted by molar-refractivity contribution is 14.1. The van der Waals surface area contributed by atoms with Crippen LogP contribution in [0, 0.1) is 0 Å². The summed E-state index contributed by atoms with van der Waals surface area (Å²) in [7, 11) is 0. The highest BCUT2D eigenvalue weighted by atomic mass is 127. The van der Waals surface area contributed by atoms with Crippen LogP contribution in [0.3, 0.4) is 0 Å². The average molecular weight is 611 g/mol. The minimum absolute atomic E-state index is 0.167. The minimum atomic E-state index is -2.67. The number of halogens is 4. The molecule has 4 aromatic heterocycles. The third kappa shape index (κ3) is 4.26. The zero-order valence-electron chi connectivity index (χ0n) is 18.1. The number of anilines is 2. The van der Waals surface area contributed by atoms with Crippen LogP contribution in [0.2, 0.25) is 5.02 Å². The van der Waals surface area contributed by atoms with Crippen LogP contribution >= 0.6 is 34.5 Å². The molecular weight excluding hydrogens is 593 g/mol. The molecule has 1 aromatic carbocycles. The van der Waals surface area contributed by atoms with Crippen molar-refractivity contribution in [1.82, 2.24) is 37.5 Å². The largest absolute Gasteiger partial charge is 0.347 e. The number of rotatable bonds is 5. The predicted octanol–water partition coefficient (Wildman–Crippen LogP) is 4.56. The number of aromatic nitrogens is 8. The summed E-state index contributed by atoms with van der Waals surface area (Å²) in [6.45, 7) is 0.648. The standard InChI is InChI=1S/C21H18ClF2IN10/c22-14-2-1-3-15-17(14)30-16(29-15)10-26-19-32-20(33-6-4-21(23,24)5-7-33)31-18-13(9-28-35(18)19)12-8-27-34(25)11-12/h1-3,8-9,11H,4-7,10H2,(H,29,30)(H,26,31,32). The number of H-pyrrole nitrogens is 1. The summed E-state index contributed by atoms with van der Waals surface area (Å²) in [5, 5.41) is 12.5. The van der Waals surface area contributed by atoms with Crippen LogP contribution < -0.4 is 10.2 Å². The van der Waals surface area contributed by atoms with Crippen LogP contribution in [-0.4, -0.2) is 56.6 Å². The van der Waals surface area contributed by atoms with Crippen LogP contribution in [0.25, 0.3) is 27.8 Å². The summed E-state index contributed by atoms with van der Waals surface area (Å²) in [5.74, 6) is -1.22. The Hall–Kier alpha value is -3.07. The molecule has 180 valence electrons. The third-order valence-electron chi connectivity index (χ3n) is 5.92. The Morgan fingerprint density at radius 2 is 1.94 bits per heavy atom. The van der Waals surface area contributed by atoms with Crippen LogP contribution in [0.1, 0.15) is 18.7 Å². The maximum Gasteiger partial charge on any atom is 0.251 e. The van der Waals surface area contributed by atoms with Gasteiger partial charge in [0.1, 0.15) is 11.3 Å². The fourth-order valence-electron chi connectivity index (χ4n) is 4.09. The molecule has 0 spiro atoms. The van der Waals surface area contributed by atoms with E-state index in [0.29, 0.717) is 40.5 Å². The van der Waals surface area contributed by atoms with Gasteiger partial charge in [-0.05, 0) is 12.1 Å². The lowest BCUT2D eigenvalue weighted by molar-refractivity contribution is -0.0222. The summed E-state index contributed by atoms with van der Waals surface area (Å²) >= 11 is 8.31. The fourth-order valence-corrected chi connectivity index (χ4v) is 4.73. The molecule has 1 saturated heterocycles. The molecule has 2 N–H and O–H groups in total. The molecule has 0 saturated carbocycles. The number of nitrogens with one attached hydrogen (secondary N) is 2. The van der Waals surface area contributed by atoms with E-state index in [0.717, 1.165) is 16.6 Å². The minimum Gasteiger partial charge on any atom is -0.347 e. The van der Waals surface area contributed by atoms with Crippen molar-refractivity contribution >= 4 is 63.0 Å². The molecule has 1 fully saturated rings. The molecule has 0 unspecified atom stereocenters. The lowest BCUT2D eigenvalue weighted by atomic mass is 10.1. The van der Waals surface area contributed by atoms with Crippen molar-refractivity contribution in [2.75, 3.05) is 23.3 Å². The van der Waals surface area contributed by atoms with Gasteiger partial charge in [0.05, 0.1) is 57.9 Å². The lowest BCUT2D eigenvalue weighted by Crippen LogP contribution is -2.40. The Bertz CT molecular complexity index is 1530. The van der Waals surface area contributed by atoms with Crippen molar-refractivity contribution in [3.8, 4) is 11.1 Å². The smallest absolute Gasteiger partial charge is 0.251 e. The highest BCUT2D eigenvalue weighted by Crippen LogP contribution is 2.31. The first kappa shape index (κ1) is 22.4. The first-order chi connectivity index (χ1) is 16.9. The Morgan fingerprint density at radius 1 is 1.11 bits per heavy atom. The zero-order chi connectivity index (χ0) is 24.2. The first-order valence-corrected chi connectivity index (χ1v) is 12.2. The van der Waals surface area contributed by atoms with Crippen molar-refractivity contribution in [3.63, 3.8) is 0 Å². The normalized spacial score (nSPS) is 15.8. The van der Waals surface area contributed by atoms with E-state index in [-0.39, 0.29) is 25.9 Å². The van der Waals surface area contributed by atoms with Gasteiger partial charge in [0.25, 0.3) is 5.92 Å². The van der Waals surface area contributed by atoms with E-state index in [1.54, 1.807) is 30.8 Å². The van der Waals surface area contributed by atoms with E-state index in [9.17, 15) is 8.78 Å². The van der Waals surface area contributed by atoms with Crippen molar-refractivity contribution in [2.45, 2.75) is 25.3 Å². The van der Waals surface area contributed by atoms with Gasteiger partial charge in [-0.1, -0.05) is 17.7 Å². The van der Waals surface area contributed by atoms with E-state index in [1.807, 2.05) is 18.3 Å². The monoisotopic (exact) mass is 610 g/mol.